The number of rotatable bonds is 6. The van der Waals surface area contributed by atoms with Crippen molar-refractivity contribution in [2.75, 3.05) is 27.2 Å². The van der Waals surface area contributed by atoms with Crippen LogP contribution >= 0.6 is 0 Å². The summed E-state index contributed by atoms with van der Waals surface area (Å²) in [5.74, 6) is 0.0630. The second kappa shape index (κ2) is 6.87. The number of nitrogens with one attached hydrogen (secondary N) is 1. The van der Waals surface area contributed by atoms with Crippen LogP contribution in [0.1, 0.15) is 26.3 Å². The number of likely N-dealkylation sites (N-methyl/N-ethyl adjacent to an activating group) is 1. The SMILES string of the molecule is CN(C)CCOc1c(F)cccc1CNC(C)(C)C. The van der Waals surface area contributed by atoms with Gasteiger partial charge in [0.15, 0.2) is 11.6 Å². The monoisotopic (exact) mass is 268 g/mol. The lowest BCUT2D eigenvalue weighted by Gasteiger charge is -2.22. The van der Waals surface area contributed by atoms with Crippen LogP contribution in [0.3, 0.4) is 0 Å². The van der Waals surface area contributed by atoms with E-state index in [1.165, 1.54) is 6.07 Å². The standard InChI is InChI=1S/C15H25FN2O/c1-15(2,3)17-11-12-7-6-8-13(16)14(12)19-10-9-18(4)5/h6-8,17H,9-11H2,1-5H3. The molecular formula is C15H25FN2O. The van der Waals surface area contributed by atoms with E-state index < -0.39 is 0 Å². The molecule has 0 saturated carbocycles. The highest BCUT2D eigenvalue weighted by Gasteiger charge is 2.13. The Labute approximate surface area is 115 Å². The van der Waals surface area contributed by atoms with Gasteiger partial charge in [0, 0.05) is 24.2 Å². The molecule has 0 aliphatic rings. The third-order valence-electron chi connectivity index (χ3n) is 2.64. The van der Waals surface area contributed by atoms with Crippen molar-refractivity contribution in [3.8, 4) is 5.75 Å². The summed E-state index contributed by atoms with van der Waals surface area (Å²) in [4.78, 5) is 2.01. The van der Waals surface area contributed by atoms with Gasteiger partial charge in [0.25, 0.3) is 0 Å². The summed E-state index contributed by atoms with van der Waals surface area (Å²) in [5.41, 5.74) is 0.849. The lowest BCUT2D eigenvalue weighted by atomic mass is 10.1. The summed E-state index contributed by atoms with van der Waals surface area (Å²) in [5, 5.41) is 3.35. The number of halogens is 1. The molecule has 0 spiro atoms. The summed E-state index contributed by atoms with van der Waals surface area (Å²) >= 11 is 0. The fourth-order valence-corrected chi connectivity index (χ4v) is 1.55. The predicted molar refractivity (Wildman–Crippen MR) is 77.0 cm³/mol. The van der Waals surface area contributed by atoms with Crippen molar-refractivity contribution in [3.63, 3.8) is 0 Å². The Balaban J connectivity index is 2.71. The van der Waals surface area contributed by atoms with Gasteiger partial charge in [-0.05, 0) is 40.9 Å². The number of para-hydroxylation sites is 1. The molecule has 0 unspecified atom stereocenters. The molecule has 3 nitrogen and oxygen atoms in total. The largest absolute Gasteiger partial charge is 0.489 e. The van der Waals surface area contributed by atoms with E-state index in [2.05, 4.69) is 26.1 Å². The number of ether oxygens (including phenoxy) is 1. The number of hydrogen-bond donors (Lipinski definition) is 1. The quantitative estimate of drug-likeness (QED) is 0.858. The van der Waals surface area contributed by atoms with Gasteiger partial charge in [-0.3, -0.25) is 0 Å². The molecule has 1 rings (SSSR count). The molecule has 0 fully saturated rings. The molecule has 0 aliphatic carbocycles. The number of benzene rings is 1. The van der Waals surface area contributed by atoms with E-state index in [1.807, 2.05) is 25.1 Å². The second-order valence-electron chi connectivity index (χ2n) is 5.98. The van der Waals surface area contributed by atoms with E-state index in [-0.39, 0.29) is 11.4 Å². The van der Waals surface area contributed by atoms with E-state index in [9.17, 15) is 4.39 Å². The molecule has 1 aromatic rings. The Morgan fingerprint density at radius 3 is 2.53 bits per heavy atom. The van der Waals surface area contributed by atoms with Gasteiger partial charge in [0.2, 0.25) is 0 Å². The molecule has 4 heteroatoms. The first kappa shape index (κ1) is 15.9. The minimum absolute atomic E-state index is 0.00672. The Bertz CT molecular complexity index is 400. The zero-order valence-corrected chi connectivity index (χ0v) is 12.6. The van der Waals surface area contributed by atoms with Gasteiger partial charge in [-0.2, -0.15) is 0 Å². The van der Waals surface area contributed by atoms with Crippen LogP contribution in [0.25, 0.3) is 0 Å². The topological polar surface area (TPSA) is 24.5 Å². The maximum Gasteiger partial charge on any atom is 0.165 e. The molecule has 0 atom stereocenters. The van der Waals surface area contributed by atoms with Crippen molar-refractivity contribution in [2.45, 2.75) is 32.9 Å². The van der Waals surface area contributed by atoms with Crippen LogP contribution < -0.4 is 10.1 Å². The predicted octanol–water partition coefficient (Wildman–Crippen LogP) is 2.65. The highest BCUT2D eigenvalue weighted by atomic mass is 19.1. The summed E-state index contributed by atoms with van der Waals surface area (Å²) in [6, 6.07) is 5.05. The highest BCUT2D eigenvalue weighted by Crippen LogP contribution is 2.23. The van der Waals surface area contributed by atoms with E-state index in [0.717, 1.165) is 12.1 Å². The van der Waals surface area contributed by atoms with Gasteiger partial charge >= 0.3 is 0 Å². The van der Waals surface area contributed by atoms with Gasteiger partial charge in [-0.15, -0.1) is 0 Å². The molecule has 108 valence electrons. The Morgan fingerprint density at radius 2 is 1.95 bits per heavy atom. The van der Waals surface area contributed by atoms with Crippen molar-refractivity contribution in [3.05, 3.63) is 29.6 Å². The van der Waals surface area contributed by atoms with Gasteiger partial charge in [-0.25, -0.2) is 4.39 Å². The van der Waals surface area contributed by atoms with Crippen LogP contribution in [-0.2, 0) is 6.54 Å². The van der Waals surface area contributed by atoms with Crippen molar-refractivity contribution in [1.29, 1.82) is 0 Å². The molecule has 0 heterocycles. The lowest BCUT2D eigenvalue weighted by Crippen LogP contribution is -2.35. The van der Waals surface area contributed by atoms with E-state index in [4.69, 9.17) is 4.74 Å². The van der Waals surface area contributed by atoms with Crippen LogP contribution in [0.2, 0.25) is 0 Å². The van der Waals surface area contributed by atoms with E-state index in [1.54, 1.807) is 6.07 Å². The maximum atomic E-state index is 13.8. The summed E-state index contributed by atoms with van der Waals surface area (Å²) in [6.07, 6.45) is 0. The van der Waals surface area contributed by atoms with Crippen molar-refractivity contribution >= 4 is 0 Å². The Morgan fingerprint density at radius 1 is 1.26 bits per heavy atom. The molecule has 0 saturated heterocycles. The molecule has 0 radical (unpaired) electrons. The van der Waals surface area contributed by atoms with Crippen LogP contribution in [0, 0.1) is 5.82 Å². The summed E-state index contributed by atoms with van der Waals surface area (Å²) in [6.45, 7) is 8.09. The summed E-state index contributed by atoms with van der Waals surface area (Å²) < 4.78 is 19.4. The van der Waals surface area contributed by atoms with Crippen LogP contribution in [0.5, 0.6) is 5.75 Å². The fourth-order valence-electron chi connectivity index (χ4n) is 1.55. The Hall–Kier alpha value is -1.13. The maximum absolute atomic E-state index is 13.8. The first-order chi connectivity index (χ1) is 8.79. The molecule has 0 aliphatic heterocycles. The first-order valence-corrected chi connectivity index (χ1v) is 6.59. The molecule has 19 heavy (non-hydrogen) atoms. The third-order valence-corrected chi connectivity index (χ3v) is 2.64. The number of hydrogen-bond acceptors (Lipinski definition) is 3. The molecule has 0 aromatic heterocycles. The molecular weight excluding hydrogens is 243 g/mol. The average molecular weight is 268 g/mol. The lowest BCUT2D eigenvalue weighted by molar-refractivity contribution is 0.249. The van der Waals surface area contributed by atoms with E-state index in [0.29, 0.717) is 18.9 Å². The zero-order chi connectivity index (χ0) is 14.5. The highest BCUT2D eigenvalue weighted by molar-refractivity contribution is 5.35. The van der Waals surface area contributed by atoms with Crippen LogP contribution in [-0.4, -0.2) is 37.7 Å². The fraction of sp³-hybridized carbons (Fsp3) is 0.600. The minimum Gasteiger partial charge on any atom is -0.489 e. The molecule has 0 amide bonds. The summed E-state index contributed by atoms with van der Waals surface area (Å²) in [7, 11) is 3.93. The zero-order valence-electron chi connectivity index (χ0n) is 12.6. The van der Waals surface area contributed by atoms with Crippen LogP contribution in [0.15, 0.2) is 18.2 Å². The third kappa shape index (κ3) is 6.03. The van der Waals surface area contributed by atoms with Gasteiger partial charge < -0.3 is 15.0 Å². The molecule has 1 N–H and O–H groups in total. The van der Waals surface area contributed by atoms with Crippen molar-refractivity contribution in [2.24, 2.45) is 0 Å². The smallest absolute Gasteiger partial charge is 0.165 e. The molecule has 1 aromatic carbocycles. The average Bonchev–Trinajstić information content (AvgIpc) is 2.27. The van der Waals surface area contributed by atoms with Crippen molar-refractivity contribution < 1.29 is 9.13 Å². The van der Waals surface area contributed by atoms with Gasteiger partial charge in [0.1, 0.15) is 6.61 Å². The normalized spacial score (nSPS) is 11.9. The molecule has 0 bridgehead atoms. The Kier molecular flexibility index (Phi) is 5.76. The minimum atomic E-state index is -0.299. The van der Waals surface area contributed by atoms with E-state index >= 15 is 0 Å². The number of nitrogens with zero attached hydrogens (tertiary/aromatic N) is 1. The van der Waals surface area contributed by atoms with Gasteiger partial charge in [0.05, 0.1) is 0 Å². The second-order valence-corrected chi connectivity index (χ2v) is 5.98. The van der Waals surface area contributed by atoms with Crippen molar-refractivity contribution in [1.82, 2.24) is 10.2 Å². The first-order valence-electron chi connectivity index (χ1n) is 6.59. The van der Waals surface area contributed by atoms with Crippen LogP contribution in [0.4, 0.5) is 4.39 Å². The van der Waals surface area contributed by atoms with Gasteiger partial charge in [-0.1, -0.05) is 12.1 Å².